The van der Waals surface area contributed by atoms with Crippen LogP contribution in [0.4, 0.5) is 9.39 Å². The van der Waals surface area contributed by atoms with E-state index in [2.05, 4.69) is 5.32 Å². The number of anilines is 1. The number of nitrogens with one attached hydrogen (secondary N) is 1. The largest absolute Gasteiger partial charge is 0.462 e. The highest BCUT2D eigenvalue weighted by Crippen LogP contribution is 2.46. The highest BCUT2D eigenvalue weighted by atomic mass is 32.1. The zero-order chi connectivity index (χ0) is 19.1. The van der Waals surface area contributed by atoms with Crippen LogP contribution in [-0.4, -0.2) is 18.5 Å². The Bertz CT molecular complexity index is 1050. The van der Waals surface area contributed by atoms with Crippen molar-refractivity contribution >= 4 is 49.6 Å². The Hall–Kier alpha value is -2.25. The number of thiophene rings is 2. The van der Waals surface area contributed by atoms with E-state index < -0.39 is 5.97 Å². The van der Waals surface area contributed by atoms with Crippen LogP contribution >= 0.6 is 22.7 Å². The average Bonchev–Trinajstić information content (AvgIpc) is 3.30. The summed E-state index contributed by atoms with van der Waals surface area (Å²) in [4.78, 5) is 25.8. The molecule has 1 aliphatic rings. The smallest absolute Gasteiger partial charge is 0.341 e. The molecule has 3 aromatic rings. The second-order valence-corrected chi connectivity index (χ2v) is 8.45. The molecule has 1 fully saturated rings. The van der Waals surface area contributed by atoms with Crippen molar-refractivity contribution in [1.29, 1.82) is 0 Å². The first-order valence-corrected chi connectivity index (χ1v) is 10.5. The minimum Gasteiger partial charge on any atom is -0.462 e. The van der Waals surface area contributed by atoms with Gasteiger partial charge in [0.15, 0.2) is 0 Å². The Kier molecular flexibility index (Phi) is 4.74. The Morgan fingerprint density at radius 2 is 2.11 bits per heavy atom. The van der Waals surface area contributed by atoms with Crippen LogP contribution in [0.2, 0.25) is 0 Å². The Labute approximate surface area is 164 Å². The molecule has 0 bridgehead atoms. The van der Waals surface area contributed by atoms with Crippen molar-refractivity contribution in [3.63, 3.8) is 0 Å². The maximum atomic E-state index is 14.1. The van der Waals surface area contributed by atoms with Crippen molar-refractivity contribution in [2.24, 2.45) is 0 Å². The Morgan fingerprint density at radius 3 is 2.78 bits per heavy atom. The topological polar surface area (TPSA) is 55.4 Å². The van der Waals surface area contributed by atoms with Crippen LogP contribution in [0.25, 0.3) is 10.1 Å². The zero-order valence-electron chi connectivity index (χ0n) is 14.9. The fourth-order valence-corrected chi connectivity index (χ4v) is 5.35. The number of esters is 1. The summed E-state index contributed by atoms with van der Waals surface area (Å²) in [5.74, 6) is -0.705. The highest BCUT2D eigenvalue weighted by molar-refractivity contribution is 7.21. The maximum Gasteiger partial charge on any atom is 0.341 e. The minimum absolute atomic E-state index is 0.279. The molecular weight excluding hydrogens is 385 g/mol. The molecule has 1 aromatic carbocycles. The molecule has 27 heavy (non-hydrogen) atoms. The van der Waals surface area contributed by atoms with Gasteiger partial charge in [0.2, 0.25) is 0 Å². The van der Waals surface area contributed by atoms with Crippen molar-refractivity contribution in [2.45, 2.75) is 32.6 Å². The van der Waals surface area contributed by atoms with Gasteiger partial charge in [0.05, 0.1) is 17.0 Å². The lowest BCUT2D eigenvalue weighted by Gasteiger charge is -2.08. The van der Waals surface area contributed by atoms with E-state index in [1.54, 1.807) is 26.0 Å². The van der Waals surface area contributed by atoms with Crippen molar-refractivity contribution in [3.05, 3.63) is 51.0 Å². The van der Waals surface area contributed by atoms with Crippen LogP contribution < -0.4 is 5.32 Å². The third-order valence-corrected chi connectivity index (χ3v) is 6.82. The normalized spacial score (nSPS) is 13.7. The van der Waals surface area contributed by atoms with E-state index in [1.807, 2.05) is 5.38 Å². The van der Waals surface area contributed by atoms with Gasteiger partial charge in [0.1, 0.15) is 10.8 Å². The summed E-state index contributed by atoms with van der Waals surface area (Å²) >= 11 is 2.59. The number of amides is 1. The number of rotatable bonds is 5. The number of halogens is 1. The molecule has 2 heterocycles. The molecule has 0 unspecified atom stereocenters. The van der Waals surface area contributed by atoms with Gasteiger partial charge in [0.25, 0.3) is 5.91 Å². The number of fused-ring (bicyclic) bond motifs is 1. The van der Waals surface area contributed by atoms with Crippen molar-refractivity contribution < 1.29 is 18.7 Å². The standard InChI is InChI=1S/C20H18FNO3S2/c1-3-25-20(24)16-12(11-7-8-11)9-26-19(16)22-18(23)17-10(2)15-13(21)5-4-6-14(15)27-17/h4-6,9,11H,3,7-8H2,1-2H3,(H,22,23). The second-order valence-electron chi connectivity index (χ2n) is 6.51. The minimum atomic E-state index is -0.407. The molecule has 4 rings (SSSR count). The first-order chi connectivity index (χ1) is 13.0. The van der Waals surface area contributed by atoms with Gasteiger partial charge in [-0.05, 0) is 61.2 Å². The summed E-state index contributed by atoms with van der Waals surface area (Å²) in [6.07, 6.45) is 2.09. The monoisotopic (exact) mass is 403 g/mol. The Balaban J connectivity index is 1.68. The van der Waals surface area contributed by atoms with Gasteiger partial charge in [0, 0.05) is 10.1 Å². The molecule has 0 atom stereocenters. The number of hydrogen-bond donors (Lipinski definition) is 1. The molecule has 7 heteroatoms. The molecule has 4 nitrogen and oxygen atoms in total. The summed E-state index contributed by atoms with van der Waals surface area (Å²) in [5, 5.41) is 5.76. The Morgan fingerprint density at radius 1 is 1.33 bits per heavy atom. The number of aryl methyl sites for hydroxylation is 1. The number of carbonyl (C=O) groups is 2. The van der Waals surface area contributed by atoms with Gasteiger partial charge in [-0.1, -0.05) is 6.07 Å². The van der Waals surface area contributed by atoms with E-state index in [-0.39, 0.29) is 18.3 Å². The summed E-state index contributed by atoms with van der Waals surface area (Å²) in [6.45, 7) is 3.78. The molecule has 140 valence electrons. The summed E-state index contributed by atoms with van der Waals surface area (Å²) in [6, 6.07) is 4.83. The van der Waals surface area contributed by atoms with E-state index in [1.165, 1.54) is 28.7 Å². The van der Waals surface area contributed by atoms with E-state index in [9.17, 15) is 14.0 Å². The summed E-state index contributed by atoms with van der Waals surface area (Å²) in [7, 11) is 0. The molecule has 0 saturated heterocycles. The maximum absolute atomic E-state index is 14.1. The lowest BCUT2D eigenvalue weighted by Crippen LogP contribution is -2.15. The first-order valence-electron chi connectivity index (χ1n) is 8.78. The molecule has 0 radical (unpaired) electrons. The predicted molar refractivity (Wildman–Crippen MR) is 107 cm³/mol. The van der Waals surface area contributed by atoms with E-state index in [0.717, 1.165) is 23.1 Å². The van der Waals surface area contributed by atoms with Crippen LogP contribution in [0.1, 0.15) is 56.8 Å². The van der Waals surface area contributed by atoms with Gasteiger partial charge in [-0.2, -0.15) is 0 Å². The number of benzene rings is 1. The highest BCUT2D eigenvalue weighted by Gasteiger charge is 2.32. The van der Waals surface area contributed by atoms with Gasteiger partial charge in [-0.25, -0.2) is 9.18 Å². The molecule has 1 N–H and O–H groups in total. The quantitative estimate of drug-likeness (QED) is 0.555. The molecular formula is C20H18FNO3S2. The average molecular weight is 404 g/mol. The van der Waals surface area contributed by atoms with Crippen LogP contribution in [0.15, 0.2) is 23.6 Å². The van der Waals surface area contributed by atoms with Crippen molar-refractivity contribution in [3.8, 4) is 0 Å². The number of carbonyl (C=O) groups excluding carboxylic acids is 2. The first kappa shape index (κ1) is 18.1. The predicted octanol–water partition coefficient (Wildman–Crippen LogP) is 5.72. The summed E-state index contributed by atoms with van der Waals surface area (Å²) in [5.41, 5.74) is 2.03. The third kappa shape index (κ3) is 3.26. The van der Waals surface area contributed by atoms with E-state index in [4.69, 9.17) is 4.74 Å². The second kappa shape index (κ2) is 7.05. The van der Waals surface area contributed by atoms with E-state index >= 15 is 0 Å². The van der Waals surface area contributed by atoms with Crippen LogP contribution in [-0.2, 0) is 4.74 Å². The summed E-state index contributed by atoms with van der Waals surface area (Å²) < 4.78 is 20.0. The van der Waals surface area contributed by atoms with Gasteiger partial charge in [-0.15, -0.1) is 22.7 Å². The van der Waals surface area contributed by atoms with Crippen molar-refractivity contribution in [1.82, 2.24) is 0 Å². The number of ether oxygens (including phenoxy) is 1. The van der Waals surface area contributed by atoms with Gasteiger partial charge >= 0.3 is 5.97 Å². The van der Waals surface area contributed by atoms with Gasteiger partial charge in [-0.3, -0.25) is 4.79 Å². The molecule has 1 aliphatic carbocycles. The van der Waals surface area contributed by atoms with Crippen LogP contribution in [0.3, 0.4) is 0 Å². The van der Waals surface area contributed by atoms with Crippen LogP contribution in [0.5, 0.6) is 0 Å². The SMILES string of the molecule is CCOC(=O)c1c(C2CC2)csc1NC(=O)c1sc2cccc(F)c2c1C. The number of hydrogen-bond acceptors (Lipinski definition) is 5. The lowest BCUT2D eigenvalue weighted by molar-refractivity contribution is 0.0527. The molecule has 1 saturated carbocycles. The van der Waals surface area contributed by atoms with Crippen molar-refractivity contribution in [2.75, 3.05) is 11.9 Å². The fraction of sp³-hybridized carbons (Fsp3) is 0.300. The third-order valence-electron chi connectivity index (χ3n) is 4.65. The molecule has 0 aliphatic heterocycles. The molecule has 1 amide bonds. The van der Waals surface area contributed by atoms with E-state index in [0.29, 0.717) is 32.3 Å². The lowest BCUT2D eigenvalue weighted by atomic mass is 10.1. The zero-order valence-corrected chi connectivity index (χ0v) is 16.6. The van der Waals surface area contributed by atoms with Crippen LogP contribution in [0, 0.1) is 12.7 Å². The molecule has 2 aromatic heterocycles. The molecule has 0 spiro atoms. The fourth-order valence-electron chi connectivity index (χ4n) is 3.20. The van der Waals surface area contributed by atoms with Gasteiger partial charge < -0.3 is 10.1 Å².